The largest absolute Gasteiger partial charge is 0.465 e. The molecule has 0 saturated heterocycles. The van der Waals surface area contributed by atoms with Crippen LogP contribution in [0.2, 0.25) is 0 Å². The first kappa shape index (κ1) is 19.2. The number of imidazole rings is 1. The Kier molecular flexibility index (Phi) is 7.67. The zero-order valence-corrected chi connectivity index (χ0v) is 15.4. The summed E-state index contributed by atoms with van der Waals surface area (Å²) in [4.78, 5) is 15.8. The molecule has 2 rings (SSSR count). The fourth-order valence-corrected chi connectivity index (χ4v) is 2.74. The predicted octanol–water partition coefficient (Wildman–Crippen LogP) is 3.68. The first-order valence-electron chi connectivity index (χ1n) is 9.09. The molecule has 0 aliphatic rings. The zero-order chi connectivity index (χ0) is 18.1. The molecule has 0 bridgehead atoms. The Balaban J connectivity index is 1.85. The monoisotopic (exact) mass is 343 g/mol. The van der Waals surface area contributed by atoms with E-state index < -0.39 is 0 Å². The first-order chi connectivity index (χ1) is 12.1. The number of carbonyl (C=O) groups is 1. The minimum atomic E-state index is -0.157. The minimum Gasteiger partial charge on any atom is -0.465 e. The van der Waals surface area contributed by atoms with Crippen molar-refractivity contribution in [2.75, 3.05) is 13.2 Å². The average molecular weight is 343 g/mol. The van der Waals surface area contributed by atoms with Gasteiger partial charge in [0.1, 0.15) is 0 Å². The Hall–Kier alpha value is -2.14. The summed E-state index contributed by atoms with van der Waals surface area (Å²) in [6, 6.07) is 8.25. The second kappa shape index (κ2) is 9.99. The van der Waals surface area contributed by atoms with Crippen LogP contribution >= 0.6 is 0 Å². The van der Waals surface area contributed by atoms with Crippen LogP contribution < -0.4 is 5.32 Å². The van der Waals surface area contributed by atoms with E-state index in [9.17, 15) is 4.79 Å². The van der Waals surface area contributed by atoms with E-state index in [4.69, 9.17) is 4.74 Å². The van der Waals surface area contributed by atoms with Crippen LogP contribution in [-0.2, 0) is 16.0 Å². The smallest absolute Gasteiger partial charge is 0.310 e. The average Bonchev–Trinajstić information content (AvgIpc) is 3.15. The minimum absolute atomic E-state index is 0.157. The number of nitrogens with one attached hydrogen (secondary N) is 1. The topological polar surface area (TPSA) is 56.1 Å². The highest BCUT2D eigenvalue weighted by Gasteiger charge is 2.11. The van der Waals surface area contributed by atoms with Crippen LogP contribution in [0.4, 0.5) is 0 Å². The van der Waals surface area contributed by atoms with Crippen molar-refractivity contribution in [2.24, 2.45) is 0 Å². The van der Waals surface area contributed by atoms with Crippen LogP contribution in [-0.4, -0.2) is 28.7 Å². The van der Waals surface area contributed by atoms with Crippen molar-refractivity contribution < 1.29 is 9.53 Å². The summed E-state index contributed by atoms with van der Waals surface area (Å²) in [6.07, 6.45) is 8.09. The number of hydrogen-bond acceptors (Lipinski definition) is 4. The molecule has 2 unspecified atom stereocenters. The van der Waals surface area contributed by atoms with Gasteiger partial charge in [0.15, 0.2) is 0 Å². The number of nitrogens with zero attached hydrogens (tertiary/aromatic N) is 2. The molecule has 1 aromatic carbocycles. The second-order valence-corrected chi connectivity index (χ2v) is 6.38. The molecule has 136 valence electrons. The van der Waals surface area contributed by atoms with Crippen LogP contribution in [0.25, 0.3) is 0 Å². The van der Waals surface area contributed by atoms with Crippen molar-refractivity contribution in [2.45, 2.75) is 52.1 Å². The molecular formula is C20H29N3O2. The maximum atomic E-state index is 11.7. The molecule has 5 heteroatoms. The van der Waals surface area contributed by atoms with E-state index in [0.29, 0.717) is 18.9 Å². The maximum Gasteiger partial charge on any atom is 0.310 e. The lowest BCUT2D eigenvalue weighted by Gasteiger charge is -2.21. The molecule has 0 amide bonds. The van der Waals surface area contributed by atoms with Gasteiger partial charge in [0.05, 0.1) is 25.5 Å². The lowest BCUT2D eigenvalue weighted by atomic mass is 9.99. The number of carbonyl (C=O) groups excluding carboxylic acids is 1. The molecule has 2 atom stereocenters. The Labute approximate surface area is 150 Å². The first-order valence-corrected chi connectivity index (χ1v) is 9.09. The Morgan fingerprint density at radius 3 is 2.64 bits per heavy atom. The lowest BCUT2D eigenvalue weighted by molar-refractivity contribution is -0.142. The number of aromatic nitrogens is 2. The van der Waals surface area contributed by atoms with E-state index >= 15 is 0 Å². The maximum absolute atomic E-state index is 11.7. The van der Waals surface area contributed by atoms with Crippen LogP contribution in [0.5, 0.6) is 0 Å². The van der Waals surface area contributed by atoms with Gasteiger partial charge in [0.25, 0.3) is 0 Å². The zero-order valence-electron chi connectivity index (χ0n) is 15.4. The van der Waals surface area contributed by atoms with Gasteiger partial charge in [-0.2, -0.15) is 0 Å². The normalized spacial score (nSPS) is 13.4. The third-order valence-corrected chi connectivity index (χ3v) is 4.30. The van der Waals surface area contributed by atoms with Crippen molar-refractivity contribution in [1.82, 2.24) is 14.9 Å². The summed E-state index contributed by atoms with van der Waals surface area (Å²) in [5, 5.41) is 3.59. The van der Waals surface area contributed by atoms with Crippen molar-refractivity contribution in [3.63, 3.8) is 0 Å². The molecule has 0 saturated carbocycles. The summed E-state index contributed by atoms with van der Waals surface area (Å²) in [5.74, 6) is 0.231. The highest BCUT2D eigenvalue weighted by Crippen LogP contribution is 2.17. The van der Waals surface area contributed by atoms with E-state index in [1.807, 2.05) is 31.6 Å². The van der Waals surface area contributed by atoms with Gasteiger partial charge in [0, 0.05) is 18.9 Å². The number of benzene rings is 1. The molecule has 0 aliphatic carbocycles. The van der Waals surface area contributed by atoms with Crippen molar-refractivity contribution in [1.29, 1.82) is 0 Å². The molecule has 0 fully saturated rings. The summed E-state index contributed by atoms with van der Waals surface area (Å²) in [6.45, 7) is 7.74. The highest BCUT2D eigenvalue weighted by atomic mass is 16.5. The second-order valence-electron chi connectivity index (χ2n) is 6.38. The van der Waals surface area contributed by atoms with Gasteiger partial charge in [-0.15, -0.1) is 0 Å². The molecular weight excluding hydrogens is 314 g/mol. The Morgan fingerprint density at radius 2 is 2.04 bits per heavy atom. The summed E-state index contributed by atoms with van der Waals surface area (Å²) in [5.41, 5.74) is 2.26. The predicted molar refractivity (Wildman–Crippen MR) is 99.4 cm³/mol. The molecule has 25 heavy (non-hydrogen) atoms. The van der Waals surface area contributed by atoms with Crippen molar-refractivity contribution >= 4 is 5.97 Å². The van der Waals surface area contributed by atoms with Gasteiger partial charge >= 0.3 is 5.97 Å². The van der Waals surface area contributed by atoms with Crippen molar-refractivity contribution in [3.8, 4) is 0 Å². The molecule has 1 heterocycles. The molecule has 5 nitrogen and oxygen atoms in total. The molecule has 0 radical (unpaired) electrons. The van der Waals surface area contributed by atoms with E-state index in [1.54, 1.807) is 6.20 Å². The van der Waals surface area contributed by atoms with Gasteiger partial charge in [-0.3, -0.25) is 10.1 Å². The van der Waals surface area contributed by atoms with Gasteiger partial charge < -0.3 is 9.30 Å². The third kappa shape index (κ3) is 6.02. The lowest BCUT2D eigenvalue weighted by Crippen LogP contribution is -2.28. The van der Waals surface area contributed by atoms with E-state index in [1.165, 1.54) is 5.56 Å². The number of hydrogen-bond donors (Lipinski definition) is 1. The molecule has 0 aliphatic heterocycles. The summed E-state index contributed by atoms with van der Waals surface area (Å²) >= 11 is 0. The Morgan fingerprint density at radius 1 is 1.28 bits per heavy atom. The number of esters is 1. The van der Waals surface area contributed by atoms with Gasteiger partial charge in [0.2, 0.25) is 0 Å². The van der Waals surface area contributed by atoms with Gasteiger partial charge in [-0.25, -0.2) is 4.98 Å². The molecule has 0 spiro atoms. The molecule has 1 aromatic heterocycles. The van der Waals surface area contributed by atoms with Crippen LogP contribution in [0.15, 0.2) is 43.0 Å². The van der Waals surface area contributed by atoms with Gasteiger partial charge in [-0.05, 0) is 29.9 Å². The molecule has 2 aromatic rings. The summed E-state index contributed by atoms with van der Waals surface area (Å²) in [7, 11) is 0. The third-order valence-electron chi connectivity index (χ3n) is 4.30. The van der Waals surface area contributed by atoms with Crippen LogP contribution in [0.3, 0.4) is 0 Å². The number of ether oxygens (including phenoxy) is 1. The summed E-state index contributed by atoms with van der Waals surface area (Å²) < 4.78 is 7.22. The highest BCUT2D eigenvalue weighted by molar-refractivity contribution is 5.72. The fourth-order valence-electron chi connectivity index (χ4n) is 2.74. The number of rotatable bonds is 10. The van der Waals surface area contributed by atoms with E-state index in [-0.39, 0.29) is 12.1 Å². The fraction of sp³-hybridized carbons (Fsp3) is 0.500. The van der Waals surface area contributed by atoms with E-state index in [0.717, 1.165) is 24.9 Å². The quantitative estimate of drug-likeness (QED) is 0.669. The van der Waals surface area contributed by atoms with Gasteiger partial charge in [-0.1, -0.05) is 45.0 Å². The van der Waals surface area contributed by atoms with Crippen molar-refractivity contribution in [3.05, 3.63) is 54.1 Å². The van der Waals surface area contributed by atoms with E-state index in [2.05, 4.69) is 40.8 Å². The standard InChI is InChI=1S/C20H29N3O2/c1-4-12-25-20(24)13-17-6-8-18(9-7-17)16(3)14-22-19(5-2)23-11-10-21-15-23/h6-11,15-16,19,22H,4-5,12-14H2,1-3H3. The van der Waals surface area contributed by atoms with Crippen LogP contribution in [0.1, 0.15) is 56.8 Å². The molecule has 1 N–H and O–H groups in total. The SMILES string of the molecule is CCCOC(=O)Cc1ccc(C(C)CNC(CC)n2ccnc2)cc1. The van der Waals surface area contributed by atoms with Crippen LogP contribution in [0, 0.1) is 0 Å². The Bertz CT molecular complexity index is 623.